The Labute approximate surface area is 116 Å². The van der Waals surface area contributed by atoms with Gasteiger partial charge < -0.3 is 9.47 Å². The van der Waals surface area contributed by atoms with Crippen LogP contribution in [-0.4, -0.2) is 29.2 Å². The van der Waals surface area contributed by atoms with Crippen molar-refractivity contribution in [1.29, 1.82) is 0 Å². The maximum atomic E-state index is 5.30. The fourth-order valence-corrected chi connectivity index (χ4v) is 2.03. The van der Waals surface area contributed by atoms with Gasteiger partial charge in [0, 0.05) is 5.56 Å². The summed E-state index contributed by atoms with van der Waals surface area (Å²) in [4.78, 5) is 11.2. The average Bonchev–Trinajstić information content (AvgIpc) is 2.40. The number of hydrogen-bond donors (Lipinski definition) is 1. The average molecular weight is 277 g/mol. The van der Waals surface area contributed by atoms with Crippen LogP contribution in [0.5, 0.6) is 11.8 Å². The monoisotopic (exact) mass is 277 g/mol. The molecule has 19 heavy (non-hydrogen) atoms. The molecule has 5 nitrogen and oxygen atoms in total. The second-order valence-electron chi connectivity index (χ2n) is 4.13. The molecular formula is C13H15N3O2S. The van der Waals surface area contributed by atoms with E-state index in [-0.39, 0.29) is 4.77 Å². The number of hydrogen-bond acceptors (Lipinski definition) is 5. The Bertz CT molecular complexity index is 667. The molecule has 0 saturated carbocycles. The van der Waals surface area contributed by atoms with E-state index in [0.29, 0.717) is 11.8 Å². The first kappa shape index (κ1) is 13.5. The highest BCUT2D eigenvalue weighted by Crippen LogP contribution is 2.28. The minimum atomic E-state index is 0.249. The number of rotatable bonds is 3. The summed E-state index contributed by atoms with van der Waals surface area (Å²) in [7, 11) is 3.19. The molecule has 0 saturated heterocycles. The van der Waals surface area contributed by atoms with Gasteiger partial charge in [-0.25, -0.2) is 4.98 Å². The summed E-state index contributed by atoms with van der Waals surface area (Å²) < 4.78 is 10.6. The Morgan fingerprint density at radius 1 is 1.05 bits per heavy atom. The molecule has 0 radical (unpaired) electrons. The highest BCUT2D eigenvalue weighted by molar-refractivity contribution is 7.71. The lowest BCUT2D eigenvalue weighted by Gasteiger charge is -2.11. The van der Waals surface area contributed by atoms with Crippen molar-refractivity contribution in [2.75, 3.05) is 14.2 Å². The maximum Gasteiger partial charge on any atom is 0.297 e. The van der Waals surface area contributed by atoms with Crippen LogP contribution < -0.4 is 9.47 Å². The van der Waals surface area contributed by atoms with Crippen LogP contribution in [-0.2, 0) is 0 Å². The summed E-state index contributed by atoms with van der Waals surface area (Å²) in [5, 5.41) is 0. The van der Waals surface area contributed by atoms with Crippen molar-refractivity contribution in [1.82, 2.24) is 15.0 Å². The van der Waals surface area contributed by atoms with Gasteiger partial charge in [-0.15, -0.1) is 0 Å². The lowest BCUT2D eigenvalue weighted by molar-refractivity contribution is 0.378. The normalized spacial score (nSPS) is 10.3. The van der Waals surface area contributed by atoms with E-state index in [2.05, 4.69) is 15.0 Å². The first-order valence-corrected chi connectivity index (χ1v) is 6.14. The van der Waals surface area contributed by atoms with E-state index in [0.717, 1.165) is 22.4 Å². The van der Waals surface area contributed by atoms with Gasteiger partial charge in [0.25, 0.3) is 6.01 Å². The zero-order chi connectivity index (χ0) is 14.0. The van der Waals surface area contributed by atoms with Gasteiger partial charge in [-0.1, -0.05) is 0 Å². The predicted molar refractivity (Wildman–Crippen MR) is 75.2 cm³/mol. The number of nitrogens with zero attached hydrogens (tertiary/aromatic N) is 2. The van der Waals surface area contributed by atoms with Crippen LogP contribution in [0.1, 0.15) is 11.1 Å². The molecule has 0 amide bonds. The van der Waals surface area contributed by atoms with Gasteiger partial charge in [0.2, 0.25) is 4.77 Å². The molecule has 2 aromatic rings. The van der Waals surface area contributed by atoms with E-state index in [9.17, 15) is 0 Å². The van der Waals surface area contributed by atoms with Crippen LogP contribution in [0.4, 0.5) is 0 Å². The lowest BCUT2D eigenvalue weighted by atomic mass is 10.0. The molecule has 1 heterocycles. The van der Waals surface area contributed by atoms with Crippen molar-refractivity contribution in [3.63, 3.8) is 0 Å². The molecule has 0 aliphatic carbocycles. The molecule has 0 unspecified atom stereocenters. The van der Waals surface area contributed by atoms with Crippen molar-refractivity contribution >= 4 is 12.2 Å². The van der Waals surface area contributed by atoms with E-state index < -0.39 is 0 Å². The molecule has 0 aliphatic rings. The van der Waals surface area contributed by atoms with Gasteiger partial charge in [0.1, 0.15) is 11.6 Å². The lowest BCUT2D eigenvalue weighted by Crippen LogP contribution is -2.00. The molecule has 0 aliphatic heterocycles. The minimum Gasteiger partial charge on any atom is -0.496 e. The van der Waals surface area contributed by atoms with Gasteiger partial charge in [-0.3, -0.25) is 4.98 Å². The van der Waals surface area contributed by atoms with Crippen molar-refractivity contribution in [2.24, 2.45) is 0 Å². The number of aromatic nitrogens is 3. The fourth-order valence-electron chi connectivity index (χ4n) is 1.85. The van der Waals surface area contributed by atoms with Gasteiger partial charge in [0.15, 0.2) is 0 Å². The quantitative estimate of drug-likeness (QED) is 0.874. The topological polar surface area (TPSA) is 60.0 Å². The summed E-state index contributed by atoms with van der Waals surface area (Å²) in [6.45, 7) is 3.97. The van der Waals surface area contributed by atoms with Crippen LogP contribution in [0, 0.1) is 18.6 Å². The first-order chi connectivity index (χ1) is 9.05. The summed E-state index contributed by atoms with van der Waals surface area (Å²) >= 11 is 5.03. The molecular weight excluding hydrogens is 262 g/mol. The Balaban J connectivity index is 2.62. The van der Waals surface area contributed by atoms with Crippen LogP contribution in [0.2, 0.25) is 0 Å². The van der Waals surface area contributed by atoms with Gasteiger partial charge in [0.05, 0.1) is 14.2 Å². The third kappa shape index (κ3) is 2.73. The largest absolute Gasteiger partial charge is 0.496 e. The molecule has 0 atom stereocenters. The van der Waals surface area contributed by atoms with Crippen molar-refractivity contribution in [2.45, 2.75) is 13.8 Å². The maximum absolute atomic E-state index is 5.30. The molecule has 0 bridgehead atoms. The van der Waals surface area contributed by atoms with Crippen molar-refractivity contribution in [3.8, 4) is 23.1 Å². The number of methoxy groups -OCH3 is 2. The highest BCUT2D eigenvalue weighted by atomic mass is 32.1. The number of nitrogens with one attached hydrogen (secondary N) is 1. The summed E-state index contributed by atoms with van der Waals surface area (Å²) in [5.41, 5.74) is 3.01. The highest BCUT2D eigenvalue weighted by Gasteiger charge is 2.10. The predicted octanol–water partition coefficient (Wildman–Crippen LogP) is 2.84. The summed E-state index contributed by atoms with van der Waals surface area (Å²) in [5.74, 6) is 1.49. The second-order valence-corrected chi connectivity index (χ2v) is 4.49. The number of aromatic amines is 1. The molecule has 1 aromatic heterocycles. The van der Waals surface area contributed by atoms with E-state index in [4.69, 9.17) is 21.7 Å². The molecule has 2 rings (SSSR count). The second kappa shape index (κ2) is 5.36. The van der Waals surface area contributed by atoms with Gasteiger partial charge in [-0.05, 0) is 49.3 Å². The molecule has 1 N–H and O–H groups in total. The number of benzene rings is 1. The van der Waals surface area contributed by atoms with E-state index in [1.807, 2.05) is 26.0 Å². The Morgan fingerprint density at radius 2 is 1.79 bits per heavy atom. The zero-order valence-electron chi connectivity index (χ0n) is 11.3. The minimum absolute atomic E-state index is 0.249. The van der Waals surface area contributed by atoms with Gasteiger partial charge in [-0.2, -0.15) is 4.98 Å². The molecule has 0 fully saturated rings. The van der Waals surface area contributed by atoms with Crippen molar-refractivity contribution in [3.05, 3.63) is 28.0 Å². The SMILES string of the molecule is COc1nc(=S)nc(-c2cc(C)c(OC)cc2C)[nH]1. The standard InChI is InChI=1S/C13H15N3O2S/c1-7-6-10(17-3)8(2)5-9(7)11-14-12(18-4)16-13(19)15-11/h5-6H,1-4H3,(H,14,15,16,19). The first-order valence-electron chi connectivity index (χ1n) is 5.73. The Kier molecular flexibility index (Phi) is 3.80. The Morgan fingerprint density at radius 3 is 2.42 bits per heavy atom. The van der Waals surface area contributed by atoms with Crippen LogP contribution in [0.3, 0.4) is 0 Å². The summed E-state index contributed by atoms with van der Waals surface area (Å²) in [6, 6.07) is 4.32. The molecule has 100 valence electrons. The summed E-state index contributed by atoms with van der Waals surface area (Å²) in [6.07, 6.45) is 0. The van der Waals surface area contributed by atoms with Gasteiger partial charge >= 0.3 is 0 Å². The number of H-pyrrole nitrogens is 1. The Hall–Kier alpha value is -1.95. The van der Waals surface area contributed by atoms with Crippen LogP contribution in [0.15, 0.2) is 12.1 Å². The smallest absolute Gasteiger partial charge is 0.297 e. The number of aryl methyl sites for hydroxylation is 2. The fraction of sp³-hybridized carbons (Fsp3) is 0.308. The third-order valence-electron chi connectivity index (χ3n) is 2.82. The van der Waals surface area contributed by atoms with Crippen LogP contribution in [0.25, 0.3) is 11.4 Å². The molecule has 0 spiro atoms. The van der Waals surface area contributed by atoms with E-state index in [1.165, 1.54) is 7.11 Å². The van der Waals surface area contributed by atoms with Crippen molar-refractivity contribution < 1.29 is 9.47 Å². The zero-order valence-corrected chi connectivity index (χ0v) is 12.1. The third-order valence-corrected chi connectivity index (χ3v) is 3.00. The van der Waals surface area contributed by atoms with E-state index >= 15 is 0 Å². The molecule has 1 aromatic carbocycles. The number of ether oxygens (including phenoxy) is 2. The van der Waals surface area contributed by atoms with E-state index in [1.54, 1.807) is 7.11 Å². The van der Waals surface area contributed by atoms with Crippen LogP contribution >= 0.6 is 12.2 Å². The molecule has 6 heteroatoms.